The van der Waals surface area contributed by atoms with Crippen LogP contribution >= 0.6 is 7.82 Å². The molecule has 60 heavy (non-hydrogen) atoms. The molecule has 0 aliphatic carbocycles. The maximum absolute atomic E-state index is 12.7. The summed E-state index contributed by atoms with van der Waals surface area (Å²) >= 11 is 0. The van der Waals surface area contributed by atoms with Crippen molar-refractivity contribution in [1.29, 1.82) is 0 Å². The number of hydrogen-bond donors (Lipinski definition) is 1. The van der Waals surface area contributed by atoms with Gasteiger partial charge in [0.15, 0.2) is 6.10 Å². The van der Waals surface area contributed by atoms with Gasteiger partial charge in [-0.2, -0.15) is 0 Å². The van der Waals surface area contributed by atoms with Crippen molar-refractivity contribution in [3.8, 4) is 0 Å². The quantitative estimate of drug-likeness (QED) is 0.0212. The lowest BCUT2D eigenvalue weighted by Crippen LogP contribution is -2.37. The summed E-state index contributed by atoms with van der Waals surface area (Å²) in [7, 11) is 1.48. The Kier molecular flexibility index (Phi) is 41.3. The minimum absolute atomic E-state index is 0.0324. The Bertz CT molecular complexity index is 1120. The van der Waals surface area contributed by atoms with Crippen LogP contribution in [0.25, 0.3) is 0 Å². The average Bonchev–Trinajstić information content (AvgIpc) is 3.20. The number of unbranched alkanes of at least 4 members (excludes halogenated alkanes) is 25. The molecular weight excluding hydrogens is 774 g/mol. The van der Waals surface area contributed by atoms with Crippen LogP contribution in [0.3, 0.4) is 0 Å². The minimum atomic E-state index is -4.37. The molecule has 0 heterocycles. The van der Waals surface area contributed by atoms with Crippen molar-refractivity contribution >= 4 is 19.8 Å². The lowest BCUT2D eigenvalue weighted by atomic mass is 10.0. The predicted molar refractivity (Wildman–Crippen MR) is 252 cm³/mol. The van der Waals surface area contributed by atoms with Gasteiger partial charge in [-0.1, -0.05) is 192 Å². The Morgan fingerprint density at radius 2 is 0.900 bits per heavy atom. The molecule has 0 aliphatic heterocycles. The second kappa shape index (κ2) is 42.5. The zero-order valence-corrected chi connectivity index (χ0v) is 40.6. The summed E-state index contributed by atoms with van der Waals surface area (Å²) in [6.45, 7) is 4.40. The number of phosphoric ester groups is 1. The molecule has 0 aliphatic rings. The van der Waals surface area contributed by atoms with Crippen LogP contribution in [0.1, 0.15) is 219 Å². The van der Waals surface area contributed by atoms with E-state index in [2.05, 4.69) is 50.3 Å². The molecule has 0 aromatic rings. The van der Waals surface area contributed by atoms with E-state index in [4.69, 9.17) is 18.5 Å². The first-order valence-corrected chi connectivity index (χ1v) is 26.2. The van der Waals surface area contributed by atoms with Crippen LogP contribution in [0.15, 0.2) is 36.5 Å². The van der Waals surface area contributed by atoms with Crippen molar-refractivity contribution in [3.05, 3.63) is 36.5 Å². The molecule has 2 unspecified atom stereocenters. The maximum Gasteiger partial charge on any atom is 0.472 e. The summed E-state index contributed by atoms with van der Waals surface area (Å²) in [6.07, 6.45) is 49.2. The number of likely N-dealkylation sites (N-methyl/N-ethyl adjacent to an activating group) is 1. The van der Waals surface area contributed by atoms with Gasteiger partial charge in [-0.25, -0.2) is 4.57 Å². The van der Waals surface area contributed by atoms with E-state index in [1.807, 2.05) is 21.1 Å². The number of allylic oxidation sites excluding steroid dienone is 6. The highest BCUT2D eigenvalue weighted by Gasteiger charge is 2.27. The summed E-state index contributed by atoms with van der Waals surface area (Å²) in [5.74, 6) is -0.798. The van der Waals surface area contributed by atoms with E-state index in [9.17, 15) is 19.0 Å². The number of esters is 2. The highest BCUT2D eigenvalue weighted by molar-refractivity contribution is 7.47. The summed E-state index contributed by atoms with van der Waals surface area (Å²) in [4.78, 5) is 35.3. The number of carbonyl (C=O) groups excluding carboxylic acids is 2. The van der Waals surface area contributed by atoms with Gasteiger partial charge in [-0.05, 0) is 51.4 Å². The molecule has 0 aromatic heterocycles. The fraction of sp³-hybridized carbons (Fsp3) is 0.840. The number of quaternary nitrogens is 1. The first-order chi connectivity index (χ1) is 29.0. The van der Waals surface area contributed by atoms with Crippen molar-refractivity contribution in [2.75, 3.05) is 47.5 Å². The van der Waals surface area contributed by atoms with Gasteiger partial charge in [0.25, 0.3) is 0 Å². The van der Waals surface area contributed by atoms with Crippen LogP contribution in [0.4, 0.5) is 0 Å². The molecule has 0 spiro atoms. The van der Waals surface area contributed by atoms with Gasteiger partial charge in [0, 0.05) is 12.8 Å². The third-order valence-corrected chi connectivity index (χ3v) is 11.7. The fourth-order valence-electron chi connectivity index (χ4n) is 6.79. The van der Waals surface area contributed by atoms with E-state index in [0.717, 1.165) is 51.4 Å². The SMILES string of the molecule is CCCCCCC/C=C\C/C=C\C/C=C\CCCCCCCCCCCCCCC(=O)OC(COC(=O)CCCCCCCCCCC)COP(=O)(O)OCC[N+](C)(C)C. The molecule has 1 N–H and O–H groups in total. The van der Waals surface area contributed by atoms with Gasteiger partial charge < -0.3 is 18.9 Å². The molecule has 0 bridgehead atoms. The lowest BCUT2D eigenvalue weighted by Gasteiger charge is -2.24. The normalized spacial score (nSPS) is 13.8. The number of phosphoric acid groups is 1. The Morgan fingerprint density at radius 1 is 0.517 bits per heavy atom. The van der Waals surface area contributed by atoms with E-state index in [1.54, 1.807) is 0 Å². The highest BCUT2D eigenvalue weighted by Crippen LogP contribution is 2.43. The van der Waals surface area contributed by atoms with Gasteiger partial charge in [-0.15, -0.1) is 0 Å². The Labute approximate surface area is 370 Å². The molecule has 0 aromatic carbocycles. The second-order valence-corrected chi connectivity index (χ2v) is 19.3. The number of hydrogen-bond acceptors (Lipinski definition) is 7. The van der Waals surface area contributed by atoms with Crippen molar-refractivity contribution in [2.24, 2.45) is 0 Å². The standard InChI is InChI=1S/C50H94NO8P/c1-6-8-10-12-14-16-17-18-19-20-21-22-23-24-25-26-27-28-29-30-31-32-33-35-37-39-41-43-50(53)59-48(47-58-60(54,55)57-45-44-51(3,4)5)46-56-49(52)42-40-38-36-34-15-13-11-9-7-2/h17-18,20-21,23-24,48H,6-16,19,22,25-47H2,1-5H3/p+1/b18-17-,21-20-,24-23-. The minimum Gasteiger partial charge on any atom is -0.462 e. The summed E-state index contributed by atoms with van der Waals surface area (Å²) in [5, 5.41) is 0. The highest BCUT2D eigenvalue weighted by atomic mass is 31.2. The molecule has 0 fully saturated rings. The Hall–Kier alpha value is -1.77. The van der Waals surface area contributed by atoms with Gasteiger partial charge in [0.2, 0.25) is 0 Å². The topological polar surface area (TPSA) is 108 Å². The third-order valence-electron chi connectivity index (χ3n) is 10.7. The van der Waals surface area contributed by atoms with Gasteiger partial charge >= 0.3 is 19.8 Å². The third kappa shape index (κ3) is 45.7. The van der Waals surface area contributed by atoms with Crippen molar-refractivity contribution in [1.82, 2.24) is 0 Å². The molecule has 0 saturated carbocycles. The Morgan fingerprint density at radius 3 is 1.33 bits per heavy atom. The van der Waals surface area contributed by atoms with Crippen molar-refractivity contribution < 1.29 is 42.1 Å². The van der Waals surface area contributed by atoms with Crippen LogP contribution in [0.2, 0.25) is 0 Å². The van der Waals surface area contributed by atoms with Crippen molar-refractivity contribution in [3.63, 3.8) is 0 Å². The van der Waals surface area contributed by atoms with Crippen LogP contribution in [0, 0.1) is 0 Å². The molecule has 9 nitrogen and oxygen atoms in total. The summed E-state index contributed by atoms with van der Waals surface area (Å²) in [6, 6.07) is 0. The summed E-state index contributed by atoms with van der Waals surface area (Å²) in [5.41, 5.74) is 0. The monoisotopic (exact) mass is 869 g/mol. The predicted octanol–water partition coefficient (Wildman–Crippen LogP) is 14.5. The largest absolute Gasteiger partial charge is 0.472 e. The first-order valence-electron chi connectivity index (χ1n) is 24.7. The molecule has 0 amide bonds. The average molecular weight is 869 g/mol. The van der Waals surface area contributed by atoms with Gasteiger partial charge in [0.05, 0.1) is 27.7 Å². The molecule has 352 valence electrons. The van der Waals surface area contributed by atoms with E-state index in [1.165, 1.54) is 135 Å². The maximum atomic E-state index is 12.7. The van der Waals surface area contributed by atoms with Crippen LogP contribution in [-0.4, -0.2) is 74.9 Å². The second-order valence-electron chi connectivity index (χ2n) is 17.9. The Balaban J connectivity index is 4.11. The van der Waals surface area contributed by atoms with Gasteiger partial charge in [0.1, 0.15) is 19.8 Å². The molecule has 0 radical (unpaired) electrons. The lowest BCUT2D eigenvalue weighted by molar-refractivity contribution is -0.870. The van der Waals surface area contributed by atoms with Crippen molar-refractivity contribution in [2.45, 2.75) is 225 Å². The zero-order chi connectivity index (χ0) is 44.3. The number of nitrogens with zero attached hydrogens (tertiary/aromatic N) is 1. The van der Waals surface area contributed by atoms with E-state index >= 15 is 0 Å². The van der Waals surface area contributed by atoms with E-state index in [0.29, 0.717) is 23.9 Å². The van der Waals surface area contributed by atoms with E-state index in [-0.39, 0.29) is 25.6 Å². The first kappa shape index (κ1) is 58.2. The number of rotatable bonds is 45. The van der Waals surface area contributed by atoms with Crippen LogP contribution < -0.4 is 0 Å². The molecular formula is C50H95NO8P+. The molecule has 0 saturated heterocycles. The van der Waals surface area contributed by atoms with Gasteiger partial charge in [-0.3, -0.25) is 18.6 Å². The summed E-state index contributed by atoms with van der Waals surface area (Å²) < 4.78 is 34.3. The number of carbonyl (C=O) groups is 2. The molecule has 10 heteroatoms. The van der Waals surface area contributed by atoms with Crippen LogP contribution in [0.5, 0.6) is 0 Å². The van der Waals surface area contributed by atoms with Crippen LogP contribution in [-0.2, 0) is 32.7 Å². The fourth-order valence-corrected chi connectivity index (χ4v) is 7.53. The number of ether oxygens (including phenoxy) is 2. The smallest absolute Gasteiger partial charge is 0.462 e. The zero-order valence-electron chi connectivity index (χ0n) is 39.7. The molecule has 2 atom stereocenters. The molecule has 0 rings (SSSR count). The van der Waals surface area contributed by atoms with E-state index < -0.39 is 26.5 Å².